The summed E-state index contributed by atoms with van der Waals surface area (Å²) in [5.41, 5.74) is 4.69. The van der Waals surface area contributed by atoms with E-state index in [1.807, 2.05) is 24.3 Å². The number of hydrogen-bond donors (Lipinski definition) is 2. The molecule has 0 aliphatic rings. The van der Waals surface area contributed by atoms with E-state index in [-0.39, 0.29) is 0 Å². The summed E-state index contributed by atoms with van der Waals surface area (Å²) < 4.78 is 5.28. The van der Waals surface area contributed by atoms with E-state index in [0.29, 0.717) is 5.11 Å². The fraction of sp³-hybridized carbons (Fsp3) is 0.389. The van der Waals surface area contributed by atoms with Gasteiger partial charge in [-0.3, -0.25) is 10.4 Å². The molecule has 0 radical (unpaired) electrons. The van der Waals surface area contributed by atoms with Gasteiger partial charge < -0.3 is 15.0 Å². The van der Waals surface area contributed by atoms with Crippen molar-refractivity contribution in [2.75, 3.05) is 33.3 Å². The number of methoxy groups -OCH3 is 1. The average molecular weight is 359 g/mol. The maximum atomic E-state index is 5.28. The molecule has 1 aromatic carbocycles. The molecule has 0 amide bonds. The number of pyridine rings is 1. The summed E-state index contributed by atoms with van der Waals surface area (Å²) >= 11 is 5.24. The Morgan fingerprint density at radius 3 is 2.84 bits per heavy atom. The summed E-state index contributed by atoms with van der Waals surface area (Å²) in [7, 11) is 1.65. The molecular weight excluding hydrogens is 334 g/mol. The molecule has 0 aliphatic carbocycles. The van der Waals surface area contributed by atoms with Crippen LogP contribution in [0, 0.1) is 0 Å². The summed E-state index contributed by atoms with van der Waals surface area (Å²) in [6.45, 7) is 8.12. The Labute approximate surface area is 154 Å². The van der Waals surface area contributed by atoms with Gasteiger partial charge in [0.1, 0.15) is 5.75 Å². The predicted molar refractivity (Wildman–Crippen MR) is 107 cm³/mol. The summed E-state index contributed by atoms with van der Waals surface area (Å²) in [4.78, 5) is 6.68. The minimum absolute atomic E-state index is 0.513. The second kappa shape index (κ2) is 9.90. The van der Waals surface area contributed by atoms with Gasteiger partial charge in [-0.15, -0.1) is 0 Å². The highest BCUT2D eigenvalue weighted by molar-refractivity contribution is 7.80. The first-order valence-electron chi connectivity index (χ1n) is 8.40. The Bertz CT molecular complexity index is 730. The number of rotatable bonds is 8. The van der Waals surface area contributed by atoms with Crippen molar-refractivity contribution < 1.29 is 4.74 Å². The molecule has 134 valence electrons. The van der Waals surface area contributed by atoms with Crippen LogP contribution in [-0.2, 0) is 0 Å². The fourth-order valence-electron chi connectivity index (χ4n) is 2.45. The van der Waals surface area contributed by atoms with Crippen molar-refractivity contribution in [1.82, 2.24) is 20.6 Å². The van der Waals surface area contributed by atoms with E-state index in [4.69, 9.17) is 17.0 Å². The van der Waals surface area contributed by atoms with Crippen molar-refractivity contribution in [3.8, 4) is 5.75 Å². The number of aromatic nitrogens is 1. The molecule has 0 spiro atoms. The molecule has 25 heavy (non-hydrogen) atoms. The number of ether oxygens (including phenoxy) is 1. The van der Waals surface area contributed by atoms with Gasteiger partial charge in [0.25, 0.3) is 0 Å². The van der Waals surface area contributed by atoms with E-state index >= 15 is 0 Å². The van der Waals surface area contributed by atoms with E-state index in [1.54, 1.807) is 19.5 Å². The lowest BCUT2D eigenvalue weighted by molar-refractivity contribution is 0.308. The van der Waals surface area contributed by atoms with Crippen molar-refractivity contribution in [3.05, 3.63) is 36.0 Å². The van der Waals surface area contributed by atoms with Gasteiger partial charge >= 0.3 is 0 Å². The lowest BCUT2D eigenvalue weighted by Gasteiger charge is -2.18. The first kappa shape index (κ1) is 19.1. The molecule has 1 heterocycles. The topological polar surface area (TPSA) is 61.8 Å². The molecule has 2 aromatic rings. The third-order valence-corrected chi connectivity index (χ3v) is 4.20. The number of hydrazone groups is 1. The molecule has 0 atom stereocenters. The van der Waals surface area contributed by atoms with E-state index in [9.17, 15) is 0 Å². The molecule has 1 aromatic heterocycles. The third kappa shape index (κ3) is 5.65. The normalized spacial score (nSPS) is 11.2. The average Bonchev–Trinajstić information content (AvgIpc) is 2.65. The van der Waals surface area contributed by atoms with Gasteiger partial charge in [0.2, 0.25) is 0 Å². The molecule has 0 unspecified atom stereocenters. The third-order valence-electron chi connectivity index (χ3n) is 3.96. The first-order valence-corrected chi connectivity index (χ1v) is 8.80. The molecule has 0 aliphatic heterocycles. The maximum Gasteiger partial charge on any atom is 0.187 e. The number of nitrogens with one attached hydrogen (secondary N) is 2. The summed E-state index contributed by atoms with van der Waals surface area (Å²) in [5.74, 6) is 0.789. The van der Waals surface area contributed by atoms with Gasteiger partial charge in [-0.05, 0) is 49.6 Å². The monoisotopic (exact) mass is 359 g/mol. The number of hydrogen-bond acceptors (Lipinski definition) is 5. The minimum atomic E-state index is 0.513. The lowest BCUT2D eigenvalue weighted by Crippen LogP contribution is -2.38. The van der Waals surface area contributed by atoms with E-state index < -0.39 is 0 Å². The van der Waals surface area contributed by atoms with Crippen molar-refractivity contribution in [2.45, 2.75) is 13.8 Å². The van der Waals surface area contributed by atoms with Crippen molar-refractivity contribution >= 4 is 34.4 Å². The molecule has 0 bridgehead atoms. The van der Waals surface area contributed by atoms with Crippen LogP contribution in [0.25, 0.3) is 10.9 Å². The molecule has 0 saturated carbocycles. The van der Waals surface area contributed by atoms with E-state index in [2.05, 4.69) is 39.6 Å². The highest BCUT2D eigenvalue weighted by Crippen LogP contribution is 2.21. The summed E-state index contributed by atoms with van der Waals surface area (Å²) in [6.07, 6.45) is 3.50. The van der Waals surface area contributed by atoms with Gasteiger partial charge in [0.15, 0.2) is 5.11 Å². The van der Waals surface area contributed by atoms with Gasteiger partial charge in [-0.2, -0.15) is 5.10 Å². The van der Waals surface area contributed by atoms with Crippen LogP contribution in [0.3, 0.4) is 0 Å². The van der Waals surface area contributed by atoms with Crippen LogP contribution in [0.15, 0.2) is 35.6 Å². The van der Waals surface area contributed by atoms with Crippen molar-refractivity contribution in [3.63, 3.8) is 0 Å². The SMILES string of the molecule is CCN(CC)CCNC(=S)N/N=C/c1ccnc2ccc(OC)cc12. The number of benzene rings is 1. The molecular formula is C18H25N5OS. The highest BCUT2D eigenvalue weighted by Gasteiger charge is 2.02. The maximum absolute atomic E-state index is 5.28. The standard InChI is InChI=1S/C18H25N5OS/c1-4-23(5-2)11-10-20-18(25)22-21-13-14-8-9-19-17-7-6-15(24-3)12-16(14)17/h6-9,12-13H,4-5,10-11H2,1-3H3,(H2,20,22,25)/b21-13+. The molecule has 2 rings (SSSR count). The zero-order chi connectivity index (χ0) is 18.1. The van der Waals surface area contributed by atoms with Crippen LogP contribution in [-0.4, -0.2) is 54.5 Å². The van der Waals surface area contributed by atoms with Gasteiger partial charge in [0, 0.05) is 30.2 Å². The van der Waals surface area contributed by atoms with Gasteiger partial charge in [-0.1, -0.05) is 13.8 Å². The quantitative estimate of drug-likeness (QED) is 0.429. The molecule has 0 fully saturated rings. The van der Waals surface area contributed by atoms with E-state index in [1.165, 1.54) is 0 Å². The Kier molecular flexibility index (Phi) is 7.56. The lowest BCUT2D eigenvalue weighted by atomic mass is 10.1. The van der Waals surface area contributed by atoms with Gasteiger partial charge in [-0.25, -0.2) is 0 Å². The van der Waals surface area contributed by atoms with Crippen LogP contribution in [0.4, 0.5) is 0 Å². The smallest absolute Gasteiger partial charge is 0.187 e. The molecule has 6 nitrogen and oxygen atoms in total. The number of nitrogens with zero attached hydrogens (tertiary/aromatic N) is 3. The Balaban J connectivity index is 1.93. The molecule has 2 N–H and O–H groups in total. The fourth-order valence-corrected chi connectivity index (χ4v) is 2.61. The van der Waals surface area contributed by atoms with Crippen LogP contribution in [0.2, 0.25) is 0 Å². The van der Waals surface area contributed by atoms with Crippen LogP contribution in [0.5, 0.6) is 5.75 Å². The number of thiocarbonyl (C=S) groups is 1. The Hall–Kier alpha value is -2.25. The molecule has 7 heteroatoms. The minimum Gasteiger partial charge on any atom is -0.497 e. The van der Waals surface area contributed by atoms with Gasteiger partial charge in [0.05, 0.1) is 18.8 Å². The predicted octanol–water partition coefficient (Wildman–Crippen LogP) is 2.38. The second-order valence-electron chi connectivity index (χ2n) is 5.44. The van der Waals surface area contributed by atoms with Crippen molar-refractivity contribution in [1.29, 1.82) is 0 Å². The first-order chi connectivity index (χ1) is 12.2. The second-order valence-corrected chi connectivity index (χ2v) is 5.84. The summed E-state index contributed by atoms with van der Waals surface area (Å²) in [6, 6.07) is 7.68. The van der Waals surface area contributed by atoms with E-state index in [0.717, 1.165) is 48.4 Å². The van der Waals surface area contributed by atoms with Crippen LogP contribution in [0.1, 0.15) is 19.4 Å². The Morgan fingerprint density at radius 2 is 2.12 bits per heavy atom. The van der Waals surface area contributed by atoms with Crippen LogP contribution < -0.4 is 15.5 Å². The van der Waals surface area contributed by atoms with Crippen LogP contribution >= 0.6 is 12.2 Å². The summed E-state index contributed by atoms with van der Waals surface area (Å²) in [5, 5.41) is 8.87. The Morgan fingerprint density at radius 1 is 1.32 bits per heavy atom. The number of likely N-dealkylation sites (N-methyl/N-ethyl adjacent to an activating group) is 1. The highest BCUT2D eigenvalue weighted by atomic mass is 32.1. The largest absolute Gasteiger partial charge is 0.497 e. The zero-order valence-corrected chi connectivity index (χ0v) is 15.8. The molecule has 0 saturated heterocycles. The zero-order valence-electron chi connectivity index (χ0n) is 15.0. The number of fused-ring (bicyclic) bond motifs is 1. The van der Waals surface area contributed by atoms with Crippen molar-refractivity contribution in [2.24, 2.45) is 5.10 Å².